The maximum Gasteiger partial charge on any atom is 0.320 e. The molecule has 0 bridgehead atoms. The highest BCUT2D eigenvalue weighted by Gasteiger charge is 2.29. The van der Waals surface area contributed by atoms with Crippen LogP contribution in [0.3, 0.4) is 0 Å². The van der Waals surface area contributed by atoms with E-state index >= 15 is 0 Å². The summed E-state index contributed by atoms with van der Waals surface area (Å²) in [5.41, 5.74) is 8.54. The van der Waals surface area contributed by atoms with E-state index in [0.29, 0.717) is 40.0 Å². The predicted octanol–water partition coefficient (Wildman–Crippen LogP) is 5.17. The van der Waals surface area contributed by atoms with Crippen molar-refractivity contribution < 1.29 is 24.9 Å². The van der Waals surface area contributed by atoms with E-state index < -0.39 is 11.4 Å². The lowest BCUT2D eigenvalue weighted by atomic mass is 9.91. The lowest BCUT2D eigenvalue weighted by Gasteiger charge is -2.23. The molecule has 12 nitrogen and oxygen atoms in total. The first-order chi connectivity index (χ1) is 23.2. The largest absolute Gasteiger partial charge is 0.507 e. The van der Waals surface area contributed by atoms with E-state index in [1.807, 2.05) is 73.0 Å². The Balaban J connectivity index is 1.36. The molecule has 0 aliphatic carbocycles. The van der Waals surface area contributed by atoms with Gasteiger partial charge in [0.25, 0.3) is 0 Å². The molecule has 3 heterocycles. The quantitative estimate of drug-likeness (QED) is 0.138. The van der Waals surface area contributed by atoms with E-state index in [2.05, 4.69) is 10.2 Å². The number of aliphatic hydroxyl groups excluding tert-OH is 2. The third kappa shape index (κ3) is 6.69. The Morgan fingerprint density at radius 1 is 0.979 bits per heavy atom. The van der Waals surface area contributed by atoms with Crippen LogP contribution >= 0.6 is 11.8 Å². The summed E-state index contributed by atoms with van der Waals surface area (Å²) >= 11 is 1.50. The van der Waals surface area contributed by atoms with Crippen LogP contribution in [-0.4, -0.2) is 65.5 Å². The smallest absolute Gasteiger partial charge is 0.320 e. The molecule has 3 aromatic heterocycles. The van der Waals surface area contributed by atoms with Crippen LogP contribution in [0.4, 0.5) is 10.6 Å². The number of carbonyl (C=O) groups excluding carboxylic acids is 1. The van der Waals surface area contributed by atoms with Crippen LogP contribution in [0.1, 0.15) is 25.1 Å². The second-order valence-corrected chi connectivity index (χ2v) is 12.8. The van der Waals surface area contributed by atoms with Gasteiger partial charge in [0.05, 0.1) is 36.7 Å². The molecule has 0 unspecified atom stereocenters. The Labute approximate surface area is 281 Å². The van der Waals surface area contributed by atoms with E-state index in [4.69, 9.17) is 15.6 Å². The topological polar surface area (TPSA) is 164 Å². The Hall–Kier alpha value is -5.37. The fourth-order valence-corrected chi connectivity index (χ4v) is 6.07. The number of para-hydroxylation sites is 1. The maximum absolute atomic E-state index is 13.2. The molecule has 5 N–H and O–H groups in total. The number of phenols is 1. The van der Waals surface area contributed by atoms with Crippen molar-refractivity contribution in [1.29, 1.82) is 0 Å². The van der Waals surface area contributed by atoms with E-state index in [0.717, 1.165) is 15.4 Å². The van der Waals surface area contributed by atoms with Crippen LogP contribution in [-0.2, 0) is 12.0 Å². The highest BCUT2D eigenvalue weighted by Crippen LogP contribution is 2.35. The number of aromatic hydroxyl groups is 1. The normalized spacial score (nSPS) is 11.6. The molecule has 0 saturated carbocycles. The third-order valence-electron chi connectivity index (χ3n) is 7.79. The highest BCUT2D eigenvalue weighted by atomic mass is 32.2. The van der Waals surface area contributed by atoms with Gasteiger partial charge in [-0.1, -0.05) is 62.0 Å². The fourth-order valence-electron chi connectivity index (χ4n) is 5.11. The number of aliphatic hydroxyl groups is 2. The first kappa shape index (κ1) is 32.6. The average Bonchev–Trinajstić information content (AvgIpc) is 3.72. The molecule has 0 atom stereocenters. The minimum Gasteiger partial charge on any atom is -0.507 e. The number of urea groups is 1. The molecular weight excluding hydrogens is 630 g/mol. The summed E-state index contributed by atoms with van der Waals surface area (Å²) in [4.78, 5) is 16.4. The number of hydrogen-bond acceptors (Lipinski definition) is 9. The van der Waals surface area contributed by atoms with Crippen molar-refractivity contribution in [3.05, 3.63) is 108 Å². The minimum absolute atomic E-state index is 0.107. The molecule has 13 heteroatoms. The Morgan fingerprint density at radius 3 is 2.54 bits per heavy atom. The van der Waals surface area contributed by atoms with Gasteiger partial charge < -0.3 is 25.8 Å². The first-order valence-corrected chi connectivity index (χ1v) is 16.0. The number of carbonyl (C=O) groups is 1. The second kappa shape index (κ2) is 13.8. The number of ether oxygens (including phenoxy) is 1. The summed E-state index contributed by atoms with van der Waals surface area (Å²) in [5.74, 6) is 1.56. The summed E-state index contributed by atoms with van der Waals surface area (Å²) in [6.07, 6.45) is 1.91. The van der Waals surface area contributed by atoms with Crippen molar-refractivity contribution in [3.63, 3.8) is 0 Å². The van der Waals surface area contributed by atoms with E-state index in [1.54, 1.807) is 47.1 Å². The van der Waals surface area contributed by atoms with E-state index in [9.17, 15) is 20.1 Å². The standard InChI is InChI=1S/C35H35N7O5S/c1-35(2,22-44)30-19-32(42(39-30)24-9-7-10-25(18-24)47-17-16-43)41(34(36)46)20-23-8-3-6-13-29(23)48-26-14-15-31-37-38-33(40(31)21-26)27-11-4-5-12-28(27)45/h3-15,18-19,21,43-45H,16-17,20,22H2,1-2H3,(H2,36,46). The molecule has 3 aromatic carbocycles. The summed E-state index contributed by atoms with van der Waals surface area (Å²) < 4.78 is 9.07. The van der Waals surface area contributed by atoms with Crippen molar-refractivity contribution >= 4 is 29.3 Å². The van der Waals surface area contributed by atoms with Crippen molar-refractivity contribution in [1.82, 2.24) is 24.4 Å². The number of rotatable bonds is 12. The van der Waals surface area contributed by atoms with Gasteiger partial charge in [0, 0.05) is 33.5 Å². The number of aromatic nitrogens is 5. The number of phenolic OH excluding ortho intramolecular Hbond substituents is 1. The average molecular weight is 666 g/mol. The third-order valence-corrected chi connectivity index (χ3v) is 8.89. The van der Waals surface area contributed by atoms with Crippen molar-refractivity contribution in [3.8, 4) is 28.6 Å². The zero-order chi connectivity index (χ0) is 33.8. The van der Waals surface area contributed by atoms with Crippen molar-refractivity contribution in [2.24, 2.45) is 5.73 Å². The molecule has 0 radical (unpaired) electrons. The molecule has 0 aliphatic rings. The summed E-state index contributed by atoms with van der Waals surface area (Å²) in [7, 11) is 0. The zero-order valence-electron chi connectivity index (χ0n) is 26.4. The molecule has 6 aromatic rings. The van der Waals surface area contributed by atoms with Gasteiger partial charge in [0.15, 0.2) is 11.5 Å². The SMILES string of the molecule is CC(C)(CO)c1cc(N(Cc2ccccc2Sc2ccc3nnc(-c4ccccc4O)n3c2)C(N)=O)n(-c2cccc(OCCO)c2)n1. The number of pyridine rings is 1. The van der Waals surface area contributed by atoms with Crippen molar-refractivity contribution in [2.45, 2.75) is 35.6 Å². The van der Waals surface area contributed by atoms with Gasteiger partial charge in [-0.05, 0) is 48.0 Å². The number of fused-ring (bicyclic) bond motifs is 1. The van der Waals surface area contributed by atoms with Crippen LogP contribution in [0.2, 0.25) is 0 Å². The maximum atomic E-state index is 13.2. The number of nitrogens with two attached hydrogens (primary N) is 1. The minimum atomic E-state index is -0.710. The first-order valence-electron chi connectivity index (χ1n) is 15.2. The molecule has 0 aliphatic heterocycles. The van der Waals surface area contributed by atoms with Gasteiger partial charge >= 0.3 is 6.03 Å². The van der Waals surface area contributed by atoms with Crippen LogP contribution < -0.4 is 15.4 Å². The van der Waals surface area contributed by atoms with Crippen LogP contribution in [0.25, 0.3) is 22.7 Å². The Bertz CT molecular complexity index is 2080. The Kier molecular flexibility index (Phi) is 9.35. The molecule has 0 spiro atoms. The number of benzene rings is 3. The lowest BCUT2D eigenvalue weighted by molar-refractivity contribution is 0.201. The van der Waals surface area contributed by atoms with E-state index in [1.165, 1.54) is 16.7 Å². The molecule has 48 heavy (non-hydrogen) atoms. The molecule has 246 valence electrons. The van der Waals surface area contributed by atoms with Crippen LogP contribution in [0.5, 0.6) is 11.5 Å². The van der Waals surface area contributed by atoms with Gasteiger partial charge in [-0.2, -0.15) is 5.10 Å². The van der Waals surface area contributed by atoms with E-state index in [-0.39, 0.29) is 32.1 Å². The fraction of sp³-hybridized carbons (Fsp3) is 0.200. The second-order valence-electron chi connectivity index (χ2n) is 11.7. The molecule has 0 saturated heterocycles. The van der Waals surface area contributed by atoms with Gasteiger partial charge in [-0.15, -0.1) is 10.2 Å². The predicted molar refractivity (Wildman–Crippen MR) is 183 cm³/mol. The zero-order valence-corrected chi connectivity index (χ0v) is 27.2. The molecule has 0 fully saturated rings. The van der Waals surface area contributed by atoms with Gasteiger partial charge in [-0.3, -0.25) is 9.30 Å². The van der Waals surface area contributed by atoms with Gasteiger partial charge in [0.2, 0.25) is 0 Å². The van der Waals surface area contributed by atoms with Crippen LogP contribution in [0.15, 0.2) is 107 Å². The highest BCUT2D eigenvalue weighted by molar-refractivity contribution is 7.99. The Morgan fingerprint density at radius 2 is 1.77 bits per heavy atom. The lowest BCUT2D eigenvalue weighted by Crippen LogP contribution is -2.36. The number of nitrogens with zero attached hydrogens (tertiary/aromatic N) is 6. The number of amides is 2. The van der Waals surface area contributed by atoms with Crippen molar-refractivity contribution in [2.75, 3.05) is 24.7 Å². The molecular formula is C35H35N7O5S. The summed E-state index contributed by atoms with van der Waals surface area (Å²) in [5, 5.41) is 43.2. The van der Waals surface area contributed by atoms with Crippen LogP contribution in [0, 0.1) is 0 Å². The molecule has 2 amide bonds. The number of anilines is 1. The monoisotopic (exact) mass is 665 g/mol. The summed E-state index contributed by atoms with van der Waals surface area (Å²) in [6, 6.07) is 26.7. The van der Waals surface area contributed by atoms with Gasteiger partial charge in [-0.25, -0.2) is 9.48 Å². The summed E-state index contributed by atoms with van der Waals surface area (Å²) in [6.45, 7) is 3.68. The molecule has 6 rings (SSSR count). The van der Waals surface area contributed by atoms with Gasteiger partial charge in [0.1, 0.15) is 23.9 Å². The number of hydrogen-bond donors (Lipinski definition) is 4. The number of primary amides is 1.